The van der Waals surface area contributed by atoms with Crippen molar-refractivity contribution in [2.45, 2.75) is 26.2 Å². The van der Waals surface area contributed by atoms with E-state index in [1.807, 2.05) is 6.92 Å². The van der Waals surface area contributed by atoms with E-state index in [1.54, 1.807) is 24.3 Å². The minimum absolute atomic E-state index is 0.0633. The van der Waals surface area contributed by atoms with Crippen molar-refractivity contribution in [3.8, 4) is 0 Å². The average molecular weight is 314 g/mol. The number of hydrogen-bond donors (Lipinski definition) is 3. The third-order valence-corrected chi connectivity index (χ3v) is 2.78. The standard InChI is InChI=1S/C13H16ClN3O2S/c1-2-3-11(18)16-17-13(20)15-12(19)8-9-4-6-10(14)7-5-9/h4-7H,2-3,8H2,1H3,(H,16,18)(H2,15,17,19,20). The van der Waals surface area contributed by atoms with Gasteiger partial charge in [-0.15, -0.1) is 0 Å². The molecule has 0 fully saturated rings. The van der Waals surface area contributed by atoms with Crippen LogP contribution in [0.1, 0.15) is 25.3 Å². The van der Waals surface area contributed by atoms with Gasteiger partial charge >= 0.3 is 0 Å². The summed E-state index contributed by atoms with van der Waals surface area (Å²) in [5, 5.41) is 3.15. The summed E-state index contributed by atoms with van der Waals surface area (Å²) in [6, 6.07) is 6.96. The van der Waals surface area contributed by atoms with Gasteiger partial charge in [0, 0.05) is 11.4 Å². The first-order chi connectivity index (χ1) is 9.51. The monoisotopic (exact) mass is 313 g/mol. The van der Waals surface area contributed by atoms with Crippen LogP contribution in [0, 0.1) is 0 Å². The third kappa shape index (κ3) is 6.49. The average Bonchev–Trinajstić information content (AvgIpc) is 2.39. The van der Waals surface area contributed by atoms with Crippen LogP contribution >= 0.6 is 23.8 Å². The first-order valence-electron chi connectivity index (χ1n) is 6.14. The summed E-state index contributed by atoms with van der Waals surface area (Å²) in [5.41, 5.74) is 5.69. The van der Waals surface area contributed by atoms with Gasteiger partial charge in [0.2, 0.25) is 11.8 Å². The van der Waals surface area contributed by atoms with E-state index in [0.29, 0.717) is 11.4 Å². The Balaban J connectivity index is 2.33. The van der Waals surface area contributed by atoms with Crippen molar-refractivity contribution >= 4 is 40.7 Å². The fourth-order valence-corrected chi connectivity index (χ4v) is 1.70. The van der Waals surface area contributed by atoms with Crippen LogP contribution in [0.5, 0.6) is 0 Å². The highest BCUT2D eigenvalue weighted by molar-refractivity contribution is 7.80. The highest BCUT2D eigenvalue weighted by Gasteiger charge is 2.06. The first kappa shape index (κ1) is 16.4. The lowest BCUT2D eigenvalue weighted by Crippen LogP contribution is -2.48. The van der Waals surface area contributed by atoms with Gasteiger partial charge in [0.1, 0.15) is 0 Å². The van der Waals surface area contributed by atoms with Crippen LogP contribution in [0.2, 0.25) is 5.02 Å². The zero-order valence-electron chi connectivity index (χ0n) is 11.0. The predicted molar refractivity (Wildman–Crippen MR) is 82.1 cm³/mol. The summed E-state index contributed by atoms with van der Waals surface area (Å²) < 4.78 is 0. The fraction of sp³-hybridized carbons (Fsp3) is 0.308. The molecule has 108 valence electrons. The summed E-state index contributed by atoms with van der Waals surface area (Å²) in [5.74, 6) is -0.448. The molecule has 2 amide bonds. The molecule has 1 aromatic rings. The molecular weight excluding hydrogens is 298 g/mol. The van der Waals surface area contributed by atoms with E-state index in [4.69, 9.17) is 23.8 Å². The van der Waals surface area contributed by atoms with Crippen molar-refractivity contribution in [3.63, 3.8) is 0 Å². The second-order valence-corrected chi connectivity index (χ2v) is 4.95. The van der Waals surface area contributed by atoms with E-state index in [-0.39, 0.29) is 23.3 Å². The zero-order valence-corrected chi connectivity index (χ0v) is 12.6. The summed E-state index contributed by atoms with van der Waals surface area (Å²) in [6.45, 7) is 1.89. The maximum Gasteiger partial charge on any atom is 0.238 e. The lowest BCUT2D eigenvalue weighted by atomic mass is 10.1. The van der Waals surface area contributed by atoms with Crippen molar-refractivity contribution in [2.24, 2.45) is 0 Å². The van der Waals surface area contributed by atoms with Crippen molar-refractivity contribution in [1.29, 1.82) is 0 Å². The molecule has 0 bridgehead atoms. The molecule has 7 heteroatoms. The molecular formula is C13H16ClN3O2S. The molecule has 0 saturated carbocycles. The maximum absolute atomic E-state index is 11.7. The normalized spacial score (nSPS) is 9.70. The number of carbonyl (C=O) groups is 2. The van der Waals surface area contributed by atoms with Gasteiger partial charge in [0.15, 0.2) is 5.11 Å². The molecule has 0 aliphatic rings. The summed E-state index contributed by atoms with van der Waals surface area (Å²) in [7, 11) is 0. The Kier molecular flexibility index (Phi) is 6.97. The third-order valence-electron chi connectivity index (χ3n) is 2.32. The van der Waals surface area contributed by atoms with Crippen LogP contribution < -0.4 is 16.2 Å². The van der Waals surface area contributed by atoms with Gasteiger partial charge in [-0.3, -0.25) is 20.4 Å². The number of hydrazine groups is 1. The largest absolute Gasteiger partial charge is 0.302 e. The molecule has 0 atom stereocenters. The van der Waals surface area contributed by atoms with E-state index in [1.165, 1.54) is 0 Å². The van der Waals surface area contributed by atoms with Crippen LogP contribution in [0.4, 0.5) is 0 Å². The number of amides is 2. The van der Waals surface area contributed by atoms with Gasteiger partial charge in [-0.25, -0.2) is 0 Å². The minimum atomic E-state index is -0.269. The Bertz CT molecular complexity index is 491. The molecule has 0 radical (unpaired) electrons. The van der Waals surface area contributed by atoms with Crippen molar-refractivity contribution < 1.29 is 9.59 Å². The molecule has 0 unspecified atom stereocenters. The van der Waals surface area contributed by atoms with Crippen molar-refractivity contribution in [1.82, 2.24) is 16.2 Å². The maximum atomic E-state index is 11.7. The van der Waals surface area contributed by atoms with E-state index in [9.17, 15) is 9.59 Å². The van der Waals surface area contributed by atoms with Crippen molar-refractivity contribution in [2.75, 3.05) is 0 Å². The number of carbonyl (C=O) groups excluding carboxylic acids is 2. The molecule has 5 nitrogen and oxygen atoms in total. The van der Waals surface area contributed by atoms with Crippen LogP contribution in [-0.4, -0.2) is 16.9 Å². The molecule has 20 heavy (non-hydrogen) atoms. The van der Waals surface area contributed by atoms with Gasteiger partial charge in [0.05, 0.1) is 6.42 Å². The molecule has 1 aromatic carbocycles. The van der Waals surface area contributed by atoms with Crippen LogP contribution in [0.15, 0.2) is 24.3 Å². The summed E-state index contributed by atoms with van der Waals surface area (Å²) >= 11 is 10.6. The van der Waals surface area contributed by atoms with Gasteiger partial charge < -0.3 is 5.32 Å². The molecule has 0 aliphatic heterocycles. The number of thiocarbonyl (C=S) groups is 1. The van der Waals surface area contributed by atoms with Gasteiger partial charge in [-0.05, 0) is 36.3 Å². The first-order valence-corrected chi connectivity index (χ1v) is 6.93. The SMILES string of the molecule is CCCC(=O)NNC(=S)NC(=O)Cc1ccc(Cl)cc1. The minimum Gasteiger partial charge on any atom is -0.302 e. The molecule has 1 rings (SSSR count). The topological polar surface area (TPSA) is 70.2 Å². The molecule has 0 spiro atoms. The lowest BCUT2D eigenvalue weighted by molar-refractivity contribution is -0.122. The number of benzene rings is 1. The lowest BCUT2D eigenvalue weighted by Gasteiger charge is -2.10. The Hall–Kier alpha value is -1.66. The van der Waals surface area contributed by atoms with E-state index < -0.39 is 0 Å². The van der Waals surface area contributed by atoms with Gasteiger partial charge in [-0.1, -0.05) is 30.7 Å². The Labute approximate surface area is 128 Å². The van der Waals surface area contributed by atoms with Crippen LogP contribution in [-0.2, 0) is 16.0 Å². The smallest absolute Gasteiger partial charge is 0.238 e. The predicted octanol–water partition coefficient (Wildman–Crippen LogP) is 1.70. The van der Waals surface area contributed by atoms with E-state index >= 15 is 0 Å². The highest BCUT2D eigenvalue weighted by Crippen LogP contribution is 2.09. The second-order valence-electron chi connectivity index (χ2n) is 4.10. The number of rotatable bonds is 4. The quantitative estimate of drug-likeness (QED) is 0.584. The summed E-state index contributed by atoms with van der Waals surface area (Å²) in [6.07, 6.45) is 1.32. The molecule has 3 N–H and O–H groups in total. The second kappa shape index (κ2) is 8.50. The number of halogens is 1. The Morgan fingerprint density at radius 1 is 1.15 bits per heavy atom. The van der Waals surface area contributed by atoms with Gasteiger partial charge in [0.25, 0.3) is 0 Å². The zero-order chi connectivity index (χ0) is 15.0. The molecule has 0 heterocycles. The van der Waals surface area contributed by atoms with E-state index in [0.717, 1.165) is 12.0 Å². The Morgan fingerprint density at radius 3 is 2.40 bits per heavy atom. The van der Waals surface area contributed by atoms with Crippen molar-refractivity contribution in [3.05, 3.63) is 34.9 Å². The van der Waals surface area contributed by atoms with Crippen LogP contribution in [0.3, 0.4) is 0 Å². The Morgan fingerprint density at radius 2 is 1.80 bits per heavy atom. The van der Waals surface area contributed by atoms with Gasteiger partial charge in [-0.2, -0.15) is 0 Å². The fourth-order valence-electron chi connectivity index (χ4n) is 1.41. The van der Waals surface area contributed by atoms with E-state index in [2.05, 4.69) is 16.2 Å². The summed E-state index contributed by atoms with van der Waals surface area (Å²) in [4.78, 5) is 22.9. The highest BCUT2D eigenvalue weighted by atomic mass is 35.5. The molecule has 0 aliphatic carbocycles. The number of nitrogens with one attached hydrogen (secondary N) is 3. The molecule has 0 saturated heterocycles. The molecule has 0 aromatic heterocycles. The number of hydrogen-bond acceptors (Lipinski definition) is 3. The van der Waals surface area contributed by atoms with Crippen LogP contribution in [0.25, 0.3) is 0 Å².